The molecular formula is C20H22N4O2S. The second-order valence-corrected chi connectivity index (χ2v) is 6.97. The van der Waals surface area contributed by atoms with Gasteiger partial charge in [0.25, 0.3) is 0 Å². The Balaban J connectivity index is 1.51. The maximum Gasteiger partial charge on any atom is 0.209 e. The Bertz CT molecular complexity index is 854. The summed E-state index contributed by atoms with van der Waals surface area (Å²) in [6.07, 6.45) is 1.93. The quantitative estimate of drug-likeness (QED) is 0.429. The summed E-state index contributed by atoms with van der Waals surface area (Å²) in [5.74, 6) is 1.22. The van der Waals surface area contributed by atoms with Crippen LogP contribution >= 0.6 is 11.8 Å². The fourth-order valence-electron chi connectivity index (χ4n) is 2.53. The molecule has 0 fully saturated rings. The van der Waals surface area contributed by atoms with Crippen LogP contribution in [0.3, 0.4) is 0 Å². The normalized spacial score (nSPS) is 11.9. The van der Waals surface area contributed by atoms with Crippen LogP contribution in [-0.4, -0.2) is 43.8 Å². The van der Waals surface area contributed by atoms with Gasteiger partial charge in [-0.1, -0.05) is 66.4 Å². The van der Waals surface area contributed by atoms with Gasteiger partial charge in [-0.05, 0) is 34.0 Å². The van der Waals surface area contributed by atoms with Gasteiger partial charge in [0.2, 0.25) is 5.16 Å². The molecule has 1 heterocycles. The molecule has 0 saturated heterocycles. The van der Waals surface area contributed by atoms with E-state index in [1.165, 1.54) is 11.8 Å². The molecule has 1 N–H and O–H groups in total. The summed E-state index contributed by atoms with van der Waals surface area (Å²) in [4.78, 5) is 0. The summed E-state index contributed by atoms with van der Waals surface area (Å²) in [5.41, 5.74) is 2.17. The third-order valence-electron chi connectivity index (χ3n) is 3.85. The number of tetrazole rings is 1. The molecule has 1 atom stereocenters. The number of para-hydroxylation sites is 1. The number of benzene rings is 2. The first kappa shape index (κ1) is 19.1. The van der Waals surface area contributed by atoms with Gasteiger partial charge < -0.3 is 9.84 Å². The van der Waals surface area contributed by atoms with Gasteiger partial charge in [-0.15, -0.1) is 11.7 Å². The zero-order valence-electron chi connectivity index (χ0n) is 14.9. The van der Waals surface area contributed by atoms with Gasteiger partial charge in [-0.3, -0.25) is 0 Å². The average molecular weight is 382 g/mol. The van der Waals surface area contributed by atoms with Crippen LogP contribution in [0.15, 0.2) is 72.4 Å². The highest BCUT2D eigenvalue weighted by molar-refractivity contribution is 7.99. The smallest absolute Gasteiger partial charge is 0.209 e. The molecule has 6 nitrogen and oxygen atoms in total. The molecule has 1 aromatic heterocycles. The van der Waals surface area contributed by atoms with E-state index >= 15 is 0 Å². The minimum atomic E-state index is -0.631. The zero-order chi connectivity index (χ0) is 18.9. The van der Waals surface area contributed by atoms with Crippen LogP contribution in [0.2, 0.25) is 0 Å². The number of aliphatic hydroxyl groups is 1. The van der Waals surface area contributed by atoms with E-state index < -0.39 is 6.10 Å². The Morgan fingerprint density at radius 3 is 2.74 bits per heavy atom. The van der Waals surface area contributed by atoms with Crippen molar-refractivity contribution in [1.29, 1.82) is 0 Å². The Morgan fingerprint density at radius 2 is 1.93 bits per heavy atom. The van der Waals surface area contributed by atoms with Crippen molar-refractivity contribution in [2.24, 2.45) is 0 Å². The van der Waals surface area contributed by atoms with Crippen molar-refractivity contribution in [3.8, 4) is 5.75 Å². The summed E-state index contributed by atoms with van der Waals surface area (Å²) in [6, 6.07) is 17.8. The van der Waals surface area contributed by atoms with Crippen molar-refractivity contribution in [3.63, 3.8) is 0 Å². The van der Waals surface area contributed by atoms with Crippen molar-refractivity contribution in [1.82, 2.24) is 20.2 Å². The van der Waals surface area contributed by atoms with E-state index in [0.29, 0.717) is 17.5 Å². The lowest BCUT2D eigenvalue weighted by Gasteiger charge is -2.14. The zero-order valence-corrected chi connectivity index (χ0v) is 15.8. The Hall–Kier alpha value is -2.64. The van der Waals surface area contributed by atoms with E-state index in [2.05, 4.69) is 22.1 Å². The molecule has 0 aliphatic rings. The molecule has 0 amide bonds. The van der Waals surface area contributed by atoms with Gasteiger partial charge in [0.1, 0.15) is 12.4 Å². The molecule has 3 rings (SSSR count). The molecule has 2 aromatic carbocycles. The molecule has 140 valence electrons. The summed E-state index contributed by atoms with van der Waals surface area (Å²) in [6.45, 7) is 4.56. The fourth-order valence-corrected chi connectivity index (χ4v) is 3.31. The van der Waals surface area contributed by atoms with Gasteiger partial charge in [0.15, 0.2) is 0 Å². The predicted molar refractivity (Wildman–Crippen MR) is 106 cm³/mol. The summed E-state index contributed by atoms with van der Waals surface area (Å²) >= 11 is 1.41. The van der Waals surface area contributed by atoms with E-state index in [1.807, 2.05) is 60.7 Å². The van der Waals surface area contributed by atoms with E-state index in [-0.39, 0.29) is 6.61 Å². The molecule has 0 aliphatic heterocycles. The summed E-state index contributed by atoms with van der Waals surface area (Å²) in [5, 5.41) is 22.8. The minimum absolute atomic E-state index is 0.210. The van der Waals surface area contributed by atoms with Crippen LogP contribution in [-0.2, 0) is 13.0 Å². The van der Waals surface area contributed by atoms with Crippen LogP contribution in [0.1, 0.15) is 11.1 Å². The van der Waals surface area contributed by atoms with Crippen molar-refractivity contribution >= 4 is 11.8 Å². The van der Waals surface area contributed by atoms with E-state index in [9.17, 15) is 5.11 Å². The van der Waals surface area contributed by atoms with E-state index in [1.54, 1.807) is 4.68 Å². The largest absolute Gasteiger partial charge is 0.491 e. The first-order chi connectivity index (χ1) is 13.3. The van der Waals surface area contributed by atoms with Gasteiger partial charge in [0, 0.05) is 5.75 Å². The lowest BCUT2D eigenvalue weighted by atomic mass is 10.1. The molecular weight excluding hydrogens is 360 g/mol. The van der Waals surface area contributed by atoms with Crippen LogP contribution < -0.4 is 4.74 Å². The predicted octanol–water partition coefficient (Wildman–Crippen LogP) is 2.98. The SMILES string of the molecule is C=CCc1ccccc1OCC(O)CSc1nnnn1Cc1ccccc1. The van der Waals surface area contributed by atoms with Crippen LogP contribution in [0, 0.1) is 0 Å². The number of rotatable bonds is 10. The summed E-state index contributed by atoms with van der Waals surface area (Å²) < 4.78 is 7.51. The molecule has 0 saturated carbocycles. The third-order valence-corrected chi connectivity index (χ3v) is 4.95. The molecule has 0 spiro atoms. The Labute approximate surface area is 162 Å². The lowest BCUT2D eigenvalue weighted by molar-refractivity contribution is 0.126. The number of aromatic nitrogens is 4. The number of hydrogen-bond acceptors (Lipinski definition) is 6. The molecule has 0 aliphatic carbocycles. The maximum absolute atomic E-state index is 10.3. The number of hydrogen-bond donors (Lipinski definition) is 1. The average Bonchev–Trinajstić information content (AvgIpc) is 3.13. The standard InChI is InChI=1S/C20H22N4O2S/c1-2-8-17-11-6-7-12-19(17)26-14-18(25)15-27-20-21-22-23-24(20)13-16-9-4-3-5-10-16/h2-7,9-12,18,25H,1,8,13-15H2. The van der Waals surface area contributed by atoms with Crippen molar-refractivity contribution in [3.05, 3.63) is 78.4 Å². The number of thioether (sulfide) groups is 1. The van der Waals surface area contributed by atoms with Gasteiger partial charge in [-0.2, -0.15) is 0 Å². The first-order valence-electron chi connectivity index (χ1n) is 8.69. The number of allylic oxidation sites excluding steroid dienone is 1. The van der Waals surface area contributed by atoms with Gasteiger partial charge in [-0.25, -0.2) is 4.68 Å². The highest BCUT2D eigenvalue weighted by Crippen LogP contribution is 2.20. The fraction of sp³-hybridized carbons (Fsp3) is 0.250. The Kier molecular flexibility index (Phi) is 7.01. The molecule has 27 heavy (non-hydrogen) atoms. The van der Waals surface area contributed by atoms with Crippen LogP contribution in [0.4, 0.5) is 0 Å². The maximum atomic E-state index is 10.3. The second-order valence-electron chi connectivity index (χ2n) is 5.98. The molecule has 0 radical (unpaired) electrons. The van der Waals surface area contributed by atoms with Crippen molar-refractivity contribution in [2.75, 3.05) is 12.4 Å². The molecule has 1 unspecified atom stereocenters. The van der Waals surface area contributed by atoms with Crippen molar-refractivity contribution in [2.45, 2.75) is 24.2 Å². The number of aliphatic hydroxyl groups excluding tert-OH is 1. The highest BCUT2D eigenvalue weighted by Gasteiger charge is 2.12. The molecule has 7 heteroatoms. The highest BCUT2D eigenvalue weighted by atomic mass is 32.2. The number of nitrogens with zero attached hydrogens (tertiary/aromatic N) is 4. The summed E-state index contributed by atoms with van der Waals surface area (Å²) in [7, 11) is 0. The van der Waals surface area contributed by atoms with E-state index in [4.69, 9.17) is 4.74 Å². The monoisotopic (exact) mass is 382 g/mol. The minimum Gasteiger partial charge on any atom is -0.491 e. The number of ether oxygens (including phenoxy) is 1. The van der Waals surface area contributed by atoms with Gasteiger partial charge >= 0.3 is 0 Å². The van der Waals surface area contributed by atoms with E-state index in [0.717, 1.165) is 23.3 Å². The van der Waals surface area contributed by atoms with Crippen molar-refractivity contribution < 1.29 is 9.84 Å². The van der Waals surface area contributed by atoms with Gasteiger partial charge in [0.05, 0.1) is 12.6 Å². The third kappa shape index (κ3) is 5.67. The lowest BCUT2D eigenvalue weighted by Crippen LogP contribution is -2.21. The first-order valence-corrected chi connectivity index (χ1v) is 9.67. The Morgan fingerprint density at radius 1 is 1.15 bits per heavy atom. The molecule has 3 aromatic rings. The second kappa shape index (κ2) is 9.89. The molecule has 0 bridgehead atoms. The van der Waals surface area contributed by atoms with Crippen LogP contribution in [0.5, 0.6) is 5.75 Å². The topological polar surface area (TPSA) is 73.1 Å². The van der Waals surface area contributed by atoms with Crippen LogP contribution in [0.25, 0.3) is 0 Å².